The Bertz CT molecular complexity index is 1370. The standard InChI is InChI=1S/C26H20F6N2O5/c1-23-8-9-24(39-23,10-11-37-16-4-6-17(7-5-16)38-26(30,31)32)20-19(23)21(35)34(22(20)36)15-3-2-14(13-33)18(12-15)25(27,28)29/h2-7,12,19-20H,8-11H2,1H3. The Morgan fingerprint density at radius 1 is 1.00 bits per heavy atom. The van der Waals surface area contributed by atoms with Crippen molar-refractivity contribution in [2.24, 2.45) is 11.8 Å². The molecule has 39 heavy (non-hydrogen) atoms. The molecule has 13 heteroatoms. The number of halogens is 6. The van der Waals surface area contributed by atoms with Gasteiger partial charge in [0.1, 0.15) is 11.5 Å². The number of rotatable bonds is 6. The van der Waals surface area contributed by atoms with Crippen LogP contribution in [0.5, 0.6) is 11.5 Å². The number of amides is 2. The number of carbonyl (C=O) groups excluding carboxylic acids is 2. The first-order valence-electron chi connectivity index (χ1n) is 11.9. The van der Waals surface area contributed by atoms with E-state index in [-0.39, 0.29) is 24.5 Å². The molecule has 3 fully saturated rings. The summed E-state index contributed by atoms with van der Waals surface area (Å²) in [5.74, 6) is -3.42. The number of nitriles is 1. The topological polar surface area (TPSA) is 88.9 Å². The van der Waals surface area contributed by atoms with E-state index in [4.69, 9.17) is 14.7 Å². The molecule has 7 nitrogen and oxygen atoms in total. The van der Waals surface area contributed by atoms with Crippen molar-refractivity contribution in [3.05, 3.63) is 53.6 Å². The zero-order chi connectivity index (χ0) is 28.4. The molecule has 0 saturated carbocycles. The van der Waals surface area contributed by atoms with E-state index < -0.39 is 64.3 Å². The maximum absolute atomic E-state index is 13.6. The highest BCUT2D eigenvalue weighted by Crippen LogP contribution is 2.62. The first kappa shape index (κ1) is 26.8. The average Bonchev–Trinajstić information content (AvgIpc) is 3.42. The normalized spacial score (nSPS) is 28.0. The van der Waals surface area contributed by atoms with Gasteiger partial charge in [-0.1, -0.05) is 0 Å². The van der Waals surface area contributed by atoms with Gasteiger partial charge in [0.2, 0.25) is 11.8 Å². The van der Waals surface area contributed by atoms with Crippen molar-refractivity contribution in [2.75, 3.05) is 11.5 Å². The fourth-order valence-corrected chi connectivity index (χ4v) is 5.95. The lowest BCUT2D eigenvalue weighted by atomic mass is 9.67. The number of alkyl halides is 6. The van der Waals surface area contributed by atoms with Crippen LogP contribution in [-0.2, 0) is 20.5 Å². The molecular formula is C26H20F6N2O5. The minimum Gasteiger partial charge on any atom is -0.493 e. The van der Waals surface area contributed by atoms with Crippen LogP contribution in [-0.4, -0.2) is 36.0 Å². The van der Waals surface area contributed by atoms with Crippen LogP contribution in [0.15, 0.2) is 42.5 Å². The molecule has 3 saturated heterocycles. The predicted molar refractivity (Wildman–Crippen MR) is 120 cm³/mol. The molecule has 0 N–H and O–H groups in total. The highest BCUT2D eigenvalue weighted by molar-refractivity contribution is 6.23. The van der Waals surface area contributed by atoms with Crippen molar-refractivity contribution in [1.29, 1.82) is 5.26 Å². The second kappa shape index (κ2) is 8.87. The van der Waals surface area contributed by atoms with E-state index >= 15 is 0 Å². The molecule has 0 aromatic heterocycles. The largest absolute Gasteiger partial charge is 0.573 e. The van der Waals surface area contributed by atoms with E-state index in [0.717, 1.165) is 29.2 Å². The molecule has 3 aliphatic heterocycles. The maximum Gasteiger partial charge on any atom is 0.573 e. The zero-order valence-corrected chi connectivity index (χ0v) is 20.2. The number of hydrogen-bond donors (Lipinski definition) is 0. The van der Waals surface area contributed by atoms with Crippen molar-refractivity contribution in [1.82, 2.24) is 0 Å². The highest BCUT2D eigenvalue weighted by atomic mass is 19.4. The highest BCUT2D eigenvalue weighted by Gasteiger charge is 2.73. The van der Waals surface area contributed by atoms with Crippen molar-refractivity contribution < 1.29 is 50.1 Å². The van der Waals surface area contributed by atoms with Gasteiger partial charge in [0.05, 0.1) is 52.5 Å². The van der Waals surface area contributed by atoms with Gasteiger partial charge in [0, 0.05) is 6.42 Å². The molecule has 0 aliphatic carbocycles. The van der Waals surface area contributed by atoms with E-state index in [1.54, 1.807) is 6.92 Å². The number of anilines is 1. The molecule has 3 aliphatic rings. The molecule has 0 radical (unpaired) electrons. The average molecular weight is 554 g/mol. The smallest absolute Gasteiger partial charge is 0.493 e. The summed E-state index contributed by atoms with van der Waals surface area (Å²) in [6, 6.07) is 8.89. The quantitative estimate of drug-likeness (QED) is 0.352. The van der Waals surface area contributed by atoms with Crippen molar-refractivity contribution >= 4 is 17.5 Å². The molecule has 3 heterocycles. The van der Waals surface area contributed by atoms with Crippen molar-refractivity contribution in [3.8, 4) is 17.6 Å². The first-order chi connectivity index (χ1) is 18.2. The Labute approximate surface area is 217 Å². The van der Waals surface area contributed by atoms with E-state index in [1.807, 2.05) is 0 Å². The Kier molecular flexibility index (Phi) is 6.10. The van der Waals surface area contributed by atoms with E-state index in [2.05, 4.69) is 4.74 Å². The Balaban J connectivity index is 1.36. The van der Waals surface area contributed by atoms with Gasteiger partial charge < -0.3 is 14.2 Å². The number of ether oxygens (including phenoxy) is 3. The lowest BCUT2D eigenvalue weighted by molar-refractivity contribution is -0.274. The molecule has 2 aromatic rings. The lowest BCUT2D eigenvalue weighted by Crippen LogP contribution is -2.43. The van der Waals surface area contributed by atoms with Gasteiger partial charge in [-0.2, -0.15) is 18.4 Å². The maximum atomic E-state index is 13.6. The summed E-state index contributed by atoms with van der Waals surface area (Å²) in [5.41, 5.74) is -4.28. The number of imide groups is 1. The molecule has 2 bridgehead atoms. The molecule has 4 atom stereocenters. The number of nitrogens with zero attached hydrogens (tertiary/aromatic N) is 2. The summed E-state index contributed by atoms with van der Waals surface area (Å²) in [6.45, 7) is 1.68. The third kappa shape index (κ3) is 4.56. The second-order valence-electron chi connectivity index (χ2n) is 9.90. The number of benzene rings is 2. The van der Waals surface area contributed by atoms with Crippen LogP contribution >= 0.6 is 0 Å². The van der Waals surface area contributed by atoms with Crippen molar-refractivity contribution in [2.45, 2.75) is 49.9 Å². The fraction of sp³-hybridized carbons (Fsp3) is 0.423. The van der Waals surface area contributed by atoms with Gasteiger partial charge in [-0.25, -0.2) is 4.90 Å². The number of carbonyl (C=O) groups is 2. The SMILES string of the molecule is CC12CCC(CCOc3ccc(OC(F)(F)F)cc3)(O1)C1C(=O)N(c3ccc(C#N)c(C(F)(F)F)c3)C(=O)C12. The molecular weight excluding hydrogens is 534 g/mol. The third-order valence-electron chi connectivity index (χ3n) is 7.55. The molecule has 2 aromatic carbocycles. The summed E-state index contributed by atoms with van der Waals surface area (Å²) >= 11 is 0. The van der Waals surface area contributed by atoms with Gasteiger partial charge in [0.25, 0.3) is 0 Å². The van der Waals surface area contributed by atoms with Gasteiger partial charge in [-0.15, -0.1) is 13.2 Å². The minimum absolute atomic E-state index is 0.00463. The monoisotopic (exact) mass is 554 g/mol. The van der Waals surface area contributed by atoms with Gasteiger partial charge in [-0.3, -0.25) is 9.59 Å². The van der Waals surface area contributed by atoms with Crippen LogP contribution in [0.25, 0.3) is 0 Å². The first-order valence-corrected chi connectivity index (χ1v) is 11.9. The summed E-state index contributed by atoms with van der Waals surface area (Å²) in [5, 5.41) is 9.06. The number of fused-ring (bicyclic) bond motifs is 5. The van der Waals surface area contributed by atoms with Gasteiger partial charge in [0.15, 0.2) is 0 Å². The molecule has 4 unspecified atom stereocenters. The zero-order valence-electron chi connectivity index (χ0n) is 20.2. The molecule has 206 valence electrons. The Hall–Kier alpha value is -3.79. The second-order valence-corrected chi connectivity index (χ2v) is 9.90. The minimum atomic E-state index is -4.87. The van der Waals surface area contributed by atoms with Crippen LogP contribution in [0.3, 0.4) is 0 Å². The van der Waals surface area contributed by atoms with Crippen LogP contribution in [0.1, 0.15) is 37.3 Å². The Morgan fingerprint density at radius 2 is 1.64 bits per heavy atom. The lowest BCUT2D eigenvalue weighted by Gasteiger charge is -2.31. The molecule has 5 rings (SSSR count). The fourth-order valence-electron chi connectivity index (χ4n) is 5.95. The van der Waals surface area contributed by atoms with Crippen LogP contribution in [0, 0.1) is 23.2 Å². The van der Waals surface area contributed by atoms with E-state index in [1.165, 1.54) is 18.2 Å². The van der Waals surface area contributed by atoms with Crippen LogP contribution in [0.2, 0.25) is 0 Å². The third-order valence-corrected chi connectivity index (χ3v) is 7.55. The number of hydrogen-bond acceptors (Lipinski definition) is 6. The van der Waals surface area contributed by atoms with Gasteiger partial charge >= 0.3 is 12.5 Å². The van der Waals surface area contributed by atoms with E-state index in [0.29, 0.717) is 18.9 Å². The molecule has 2 amide bonds. The Morgan fingerprint density at radius 3 is 2.26 bits per heavy atom. The predicted octanol–water partition coefficient (Wildman–Crippen LogP) is 5.37. The summed E-state index contributed by atoms with van der Waals surface area (Å²) in [6.07, 6.45) is -8.71. The summed E-state index contributed by atoms with van der Waals surface area (Å²) < 4.78 is 93.4. The van der Waals surface area contributed by atoms with Gasteiger partial charge in [-0.05, 0) is 62.2 Å². The van der Waals surface area contributed by atoms with Crippen LogP contribution < -0.4 is 14.4 Å². The summed E-state index contributed by atoms with van der Waals surface area (Å²) in [7, 11) is 0. The molecule has 0 spiro atoms. The van der Waals surface area contributed by atoms with E-state index in [9.17, 15) is 35.9 Å². The van der Waals surface area contributed by atoms with Crippen LogP contribution in [0.4, 0.5) is 32.0 Å². The van der Waals surface area contributed by atoms with Crippen molar-refractivity contribution in [3.63, 3.8) is 0 Å². The summed E-state index contributed by atoms with van der Waals surface area (Å²) in [4.78, 5) is 27.7.